The number of hydrogen-bond acceptors (Lipinski definition) is 2. The van der Waals surface area contributed by atoms with Gasteiger partial charge >= 0.3 is 0 Å². The zero-order valence-corrected chi connectivity index (χ0v) is 10.9. The van der Waals surface area contributed by atoms with Gasteiger partial charge in [0.2, 0.25) is 0 Å². The van der Waals surface area contributed by atoms with Gasteiger partial charge in [0.15, 0.2) is 11.6 Å². The average Bonchev–Trinajstić information content (AvgIpc) is 2.76. The molecule has 0 spiro atoms. The van der Waals surface area contributed by atoms with Crippen LogP contribution in [0.4, 0.5) is 8.78 Å². The second-order valence-electron chi connectivity index (χ2n) is 4.90. The average molecular weight is 266 g/mol. The largest absolute Gasteiger partial charge is 0.385 e. The van der Waals surface area contributed by atoms with Gasteiger partial charge in [0.1, 0.15) is 0 Å². The Morgan fingerprint density at radius 2 is 2.11 bits per heavy atom. The first-order valence-corrected chi connectivity index (χ1v) is 6.04. The molecule has 1 aromatic carbocycles. The highest BCUT2D eigenvalue weighted by Crippen LogP contribution is 2.29. The molecule has 1 aromatic heterocycles. The highest BCUT2D eigenvalue weighted by Gasteiger charge is 2.27. The normalized spacial score (nSPS) is 14.4. The van der Waals surface area contributed by atoms with Crippen molar-refractivity contribution in [3.63, 3.8) is 0 Å². The van der Waals surface area contributed by atoms with Crippen LogP contribution in [0.3, 0.4) is 0 Å². The Morgan fingerprint density at radius 3 is 2.74 bits per heavy atom. The van der Waals surface area contributed by atoms with Crippen LogP contribution >= 0.6 is 0 Å². The third-order valence-corrected chi connectivity index (χ3v) is 3.19. The summed E-state index contributed by atoms with van der Waals surface area (Å²) in [6.45, 7) is 1.49. The van der Waals surface area contributed by atoms with E-state index in [9.17, 15) is 13.9 Å². The minimum atomic E-state index is -1.41. The molecule has 2 rings (SSSR count). The van der Waals surface area contributed by atoms with Crippen molar-refractivity contribution in [3.8, 4) is 0 Å². The molecule has 0 amide bonds. The molecule has 1 atom stereocenters. The molecule has 0 bridgehead atoms. The highest BCUT2D eigenvalue weighted by atomic mass is 19.2. The van der Waals surface area contributed by atoms with Gasteiger partial charge in [0.05, 0.1) is 11.8 Å². The Labute approximate surface area is 110 Å². The van der Waals surface area contributed by atoms with E-state index in [2.05, 4.69) is 5.10 Å². The van der Waals surface area contributed by atoms with E-state index in [0.29, 0.717) is 12.8 Å². The van der Waals surface area contributed by atoms with Crippen molar-refractivity contribution in [2.75, 3.05) is 0 Å². The van der Waals surface area contributed by atoms with Crippen LogP contribution in [0.5, 0.6) is 0 Å². The van der Waals surface area contributed by atoms with E-state index in [4.69, 9.17) is 0 Å². The van der Waals surface area contributed by atoms with Crippen molar-refractivity contribution in [3.05, 3.63) is 53.4 Å². The first-order chi connectivity index (χ1) is 8.90. The van der Waals surface area contributed by atoms with Crippen LogP contribution < -0.4 is 0 Å². The van der Waals surface area contributed by atoms with Gasteiger partial charge in [-0.1, -0.05) is 12.1 Å². The quantitative estimate of drug-likeness (QED) is 0.923. The minimum Gasteiger partial charge on any atom is -0.385 e. The Hall–Kier alpha value is -1.75. The second kappa shape index (κ2) is 5.09. The van der Waals surface area contributed by atoms with Gasteiger partial charge in [-0.2, -0.15) is 5.10 Å². The van der Waals surface area contributed by atoms with Crippen molar-refractivity contribution in [1.29, 1.82) is 0 Å². The van der Waals surface area contributed by atoms with Crippen LogP contribution in [-0.2, 0) is 19.1 Å². The van der Waals surface area contributed by atoms with E-state index >= 15 is 0 Å². The monoisotopic (exact) mass is 266 g/mol. The number of aromatic nitrogens is 2. The smallest absolute Gasteiger partial charge is 0.164 e. The minimum absolute atomic E-state index is 0.0172. The topological polar surface area (TPSA) is 38.0 Å². The fourth-order valence-electron chi connectivity index (χ4n) is 2.04. The Balaban J connectivity index is 2.15. The number of benzene rings is 1. The molecule has 2 aromatic rings. The predicted octanol–water partition coefficient (Wildman–Crippen LogP) is 2.54. The molecule has 1 heterocycles. The molecule has 0 saturated heterocycles. The highest BCUT2D eigenvalue weighted by molar-refractivity contribution is 5.25. The molecule has 5 heteroatoms. The van der Waals surface area contributed by atoms with Crippen LogP contribution in [0.2, 0.25) is 0 Å². The maximum absolute atomic E-state index is 13.7. The van der Waals surface area contributed by atoms with E-state index in [-0.39, 0.29) is 5.56 Å². The molecule has 0 aliphatic rings. The summed E-state index contributed by atoms with van der Waals surface area (Å²) in [5, 5.41) is 14.3. The summed E-state index contributed by atoms with van der Waals surface area (Å²) in [4.78, 5) is 0. The first-order valence-electron chi connectivity index (χ1n) is 6.04. The molecule has 102 valence electrons. The van der Waals surface area contributed by atoms with Gasteiger partial charge < -0.3 is 5.11 Å². The lowest BCUT2D eigenvalue weighted by Gasteiger charge is -2.24. The standard InChI is InChI=1S/C14H16F2N2O/c1-14(19,7-6-10-8-17-18(2)9-10)11-4-3-5-12(15)13(11)16/h3-5,8-9,19H,6-7H2,1-2H3. The molecule has 0 fully saturated rings. The summed E-state index contributed by atoms with van der Waals surface area (Å²) < 4.78 is 28.5. The van der Waals surface area contributed by atoms with Gasteiger partial charge in [-0.25, -0.2) is 8.78 Å². The third kappa shape index (κ3) is 2.98. The number of halogens is 2. The van der Waals surface area contributed by atoms with Crippen LogP contribution in [0.15, 0.2) is 30.6 Å². The molecule has 1 N–H and O–H groups in total. The molecule has 0 aliphatic heterocycles. The third-order valence-electron chi connectivity index (χ3n) is 3.19. The fourth-order valence-corrected chi connectivity index (χ4v) is 2.04. The van der Waals surface area contributed by atoms with Crippen molar-refractivity contribution in [2.24, 2.45) is 7.05 Å². The molecule has 3 nitrogen and oxygen atoms in total. The number of aryl methyl sites for hydroxylation is 2. The molecule has 19 heavy (non-hydrogen) atoms. The molecular weight excluding hydrogens is 250 g/mol. The van der Waals surface area contributed by atoms with Gasteiger partial charge in [0.25, 0.3) is 0 Å². The zero-order valence-electron chi connectivity index (χ0n) is 10.9. The Bertz CT molecular complexity index is 579. The lowest BCUT2D eigenvalue weighted by atomic mass is 9.89. The summed E-state index contributed by atoms with van der Waals surface area (Å²) in [7, 11) is 1.80. The van der Waals surface area contributed by atoms with Crippen LogP contribution in [0, 0.1) is 11.6 Å². The van der Waals surface area contributed by atoms with Gasteiger partial charge in [-0.15, -0.1) is 0 Å². The zero-order chi connectivity index (χ0) is 14.0. The lowest BCUT2D eigenvalue weighted by molar-refractivity contribution is 0.0436. The lowest BCUT2D eigenvalue weighted by Crippen LogP contribution is -2.24. The molecular formula is C14H16F2N2O. The summed E-state index contributed by atoms with van der Waals surface area (Å²) in [5.74, 6) is -1.93. The maximum Gasteiger partial charge on any atom is 0.164 e. The van der Waals surface area contributed by atoms with Crippen LogP contribution in [0.25, 0.3) is 0 Å². The maximum atomic E-state index is 13.7. The number of aliphatic hydroxyl groups is 1. The second-order valence-corrected chi connectivity index (χ2v) is 4.90. The molecule has 0 aliphatic carbocycles. The van der Waals surface area contributed by atoms with Crippen molar-refractivity contribution in [2.45, 2.75) is 25.4 Å². The van der Waals surface area contributed by atoms with Gasteiger partial charge in [-0.05, 0) is 31.4 Å². The van der Waals surface area contributed by atoms with E-state index in [0.717, 1.165) is 11.6 Å². The number of rotatable bonds is 4. The van der Waals surface area contributed by atoms with E-state index in [1.165, 1.54) is 19.1 Å². The molecule has 0 radical (unpaired) electrons. The summed E-state index contributed by atoms with van der Waals surface area (Å²) >= 11 is 0. The molecule has 1 unspecified atom stereocenters. The number of hydrogen-bond donors (Lipinski definition) is 1. The SMILES string of the molecule is Cn1cc(CCC(C)(O)c2cccc(F)c2F)cn1. The summed E-state index contributed by atoms with van der Waals surface area (Å²) in [5.41, 5.74) is -0.488. The van der Waals surface area contributed by atoms with Crippen molar-refractivity contribution in [1.82, 2.24) is 9.78 Å². The van der Waals surface area contributed by atoms with Crippen LogP contribution in [-0.4, -0.2) is 14.9 Å². The fraction of sp³-hybridized carbons (Fsp3) is 0.357. The Morgan fingerprint density at radius 1 is 1.37 bits per heavy atom. The number of nitrogens with zero attached hydrogens (tertiary/aromatic N) is 2. The van der Waals surface area contributed by atoms with Gasteiger partial charge in [0, 0.05) is 18.8 Å². The van der Waals surface area contributed by atoms with E-state index in [1.807, 2.05) is 6.20 Å². The molecule has 0 saturated carbocycles. The van der Waals surface area contributed by atoms with Crippen molar-refractivity contribution >= 4 is 0 Å². The van der Waals surface area contributed by atoms with Crippen molar-refractivity contribution < 1.29 is 13.9 Å². The Kier molecular flexibility index (Phi) is 3.66. The first kappa shape index (κ1) is 13.7. The van der Waals surface area contributed by atoms with Gasteiger partial charge in [-0.3, -0.25) is 4.68 Å². The summed E-state index contributed by atoms with van der Waals surface area (Å²) in [6.07, 6.45) is 4.35. The van der Waals surface area contributed by atoms with E-state index in [1.54, 1.807) is 17.9 Å². The van der Waals surface area contributed by atoms with Crippen LogP contribution in [0.1, 0.15) is 24.5 Å². The summed E-state index contributed by atoms with van der Waals surface area (Å²) in [6, 6.07) is 3.84. The predicted molar refractivity (Wildman–Crippen MR) is 67.5 cm³/mol. The van der Waals surface area contributed by atoms with E-state index < -0.39 is 17.2 Å².